The fraction of sp³-hybridized carbons (Fsp3) is 0.278. The van der Waals surface area contributed by atoms with Crippen LogP contribution in [0.25, 0.3) is 22.4 Å². The Morgan fingerprint density at radius 2 is 1.93 bits per heavy atom. The molecule has 0 aliphatic carbocycles. The van der Waals surface area contributed by atoms with E-state index in [2.05, 4.69) is 30.6 Å². The smallest absolute Gasteiger partial charge is 0.321 e. The Hall–Kier alpha value is -3.49. The largest absolute Gasteiger partial charge is 0.349 e. The molecule has 9 heteroatoms. The first kappa shape index (κ1) is 18.3. The molecule has 1 aromatic carbocycles. The average Bonchev–Trinajstić information content (AvgIpc) is 3.03. The van der Waals surface area contributed by atoms with Gasteiger partial charge in [0.1, 0.15) is 0 Å². The van der Waals surface area contributed by atoms with Crippen LogP contribution in [0, 0.1) is 0 Å². The summed E-state index contributed by atoms with van der Waals surface area (Å²) in [4.78, 5) is 41.6. The van der Waals surface area contributed by atoms with E-state index in [0.29, 0.717) is 34.9 Å². The molecule has 3 aromatic rings. The highest BCUT2D eigenvalue weighted by Gasteiger charge is 2.16. The Morgan fingerprint density at radius 3 is 2.59 bits per heavy atom. The zero-order valence-electron chi connectivity index (χ0n) is 15.4. The van der Waals surface area contributed by atoms with Crippen molar-refractivity contribution in [1.29, 1.82) is 0 Å². The summed E-state index contributed by atoms with van der Waals surface area (Å²) in [6.45, 7) is 2.34. The van der Waals surface area contributed by atoms with Crippen LogP contribution in [0.4, 0.5) is 10.7 Å². The van der Waals surface area contributed by atoms with Crippen LogP contribution in [-0.4, -0.2) is 57.4 Å². The number of likely N-dealkylation sites (N-methyl/N-ethyl adjacent to an activating group) is 1. The van der Waals surface area contributed by atoms with Gasteiger partial charge in [-0.25, -0.2) is 19.7 Å². The minimum atomic E-state index is -0.350. The molecule has 0 bridgehead atoms. The predicted molar refractivity (Wildman–Crippen MR) is 102 cm³/mol. The molecule has 0 spiro atoms. The molecule has 0 atom stereocenters. The molecule has 3 rings (SSSR count). The topological polar surface area (TPSA) is 116 Å². The summed E-state index contributed by atoms with van der Waals surface area (Å²) < 4.78 is 0. The van der Waals surface area contributed by atoms with E-state index in [-0.39, 0.29) is 18.4 Å². The minimum absolute atomic E-state index is 0.0227. The Kier molecular flexibility index (Phi) is 5.30. The van der Waals surface area contributed by atoms with Gasteiger partial charge in [-0.05, 0) is 30.7 Å². The van der Waals surface area contributed by atoms with E-state index < -0.39 is 0 Å². The van der Waals surface area contributed by atoms with E-state index >= 15 is 0 Å². The van der Waals surface area contributed by atoms with Crippen molar-refractivity contribution in [2.45, 2.75) is 13.3 Å². The number of rotatable bonds is 5. The van der Waals surface area contributed by atoms with E-state index in [9.17, 15) is 9.59 Å². The standard InChI is InChI=1S/C18H21N7O2/c1-4-19-18(27)24-17-22-13-9-11(10-14(26)25(2)3)8-12(15(13)23-17)16-20-6-5-7-21-16/h5-9H,4,10H2,1-3H3,(H3,19,22,23,24,27). The van der Waals surface area contributed by atoms with E-state index in [0.717, 1.165) is 5.56 Å². The SMILES string of the molecule is CCNC(=O)Nc1nc2cc(CC(=O)N(C)C)cc(-c3ncccn3)c2[nH]1. The second kappa shape index (κ2) is 7.81. The molecule has 2 aromatic heterocycles. The lowest BCUT2D eigenvalue weighted by atomic mass is 10.0. The van der Waals surface area contributed by atoms with E-state index in [1.807, 2.05) is 19.1 Å². The summed E-state index contributed by atoms with van der Waals surface area (Å²) >= 11 is 0. The van der Waals surface area contributed by atoms with Gasteiger partial charge in [-0.1, -0.05) is 0 Å². The van der Waals surface area contributed by atoms with Crippen molar-refractivity contribution >= 4 is 28.9 Å². The molecule has 0 saturated carbocycles. The van der Waals surface area contributed by atoms with Crippen molar-refractivity contribution in [3.8, 4) is 11.4 Å². The van der Waals surface area contributed by atoms with Crippen molar-refractivity contribution in [2.75, 3.05) is 26.0 Å². The zero-order valence-corrected chi connectivity index (χ0v) is 15.4. The predicted octanol–water partition coefficient (Wildman–Crippen LogP) is 1.79. The average molecular weight is 367 g/mol. The fourth-order valence-corrected chi connectivity index (χ4v) is 2.59. The third-order valence-corrected chi connectivity index (χ3v) is 3.88. The first-order valence-electron chi connectivity index (χ1n) is 8.53. The molecular weight excluding hydrogens is 346 g/mol. The highest BCUT2D eigenvalue weighted by molar-refractivity contribution is 5.95. The van der Waals surface area contributed by atoms with Crippen LogP contribution in [-0.2, 0) is 11.2 Å². The van der Waals surface area contributed by atoms with Crippen molar-refractivity contribution in [3.05, 3.63) is 36.2 Å². The van der Waals surface area contributed by atoms with Gasteiger partial charge in [-0.2, -0.15) is 0 Å². The van der Waals surface area contributed by atoms with Crippen molar-refractivity contribution in [3.63, 3.8) is 0 Å². The molecule has 27 heavy (non-hydrogen) atoms. The summed E-state index contributed by atoms with van der Waals surface area (Å²) in [6, 6.07) is 5.07. The van der Waals surface area contributed by atoms with Gasteiger partial charge in [0, 0.05) is 38.6 Å². The number of aromatic amines is 1. The van der Waals surface area contributed by atoms with Gasteiger partial charge in [0.05, 0.1) is 17.5 Å². The maximum absolute atomic E-state index is 12.1. The number of nitrogens with one attached hydrogen (secondary N) is 3. The molecule has 0 fully saturated rings. The monoisotopic (exact) mass is 367 g/mol. The normalized spacial score (nSPS) is 10.6. The summed E-state index contributed by atoms with van der Waals surface area (Å²) in [7, 11) is 3.43. The highest BCUT2D eigenvalue weighted by atomic mass is 16.2. The maximum atomic E-state index is 12.1. The molecule has 140 valence electrons. The van der Waals surface area contributed by atoms with Gasteiger partial charge in [-0.3, -0.25) is 10.1 Å². The maximum Gasteiger partial charge on any atom is 0.321 e. The van der Waals surface area contributed by atoms with Crippen molar-refractivity contribution in [2.24, 2.45) is 0 Å². The lowest BCUT2D eigenvalue weighted by molar-refractivity contribution is -0.127. The first-order valence-corrected chi connectivity index (χ1v) is 8.53. The van der Waals surface area contributed by atoms with Gasteiger partial charge in [0.15, 0.2) is 5.82 Å². The number of amides is 3. The molecule has 0 saturated heterocycles. The van der Waals surface area contributed by atoms with Crippen molar-refractivity contribution < 1.29 is 9.59 Å². The second-order valence-corrected chi connectivity index (χ2v) is 6.14. The van der Waals surface area contributed by atoms with Gasteiger partial charge >= 0.3 is 6.03 Å². The van der Waals surface area contributed by atoms with Crippen LogP contribution in [0.1, 0.15) is 12.5 Å². The quantitative estimate of drug-likeness (QED) is 0.636. The second-order valence-electron chi connectivity index (χ2n) is 6.14. The third kappa shape index (κ3) is 4.20. The van der Waals surface area contributed by atoms with Gasteiger partial charge < -0.3 is 15.2 Å². The number of aromatic nitrogens is 4. The number of hydrogen-bond donors (Lipinski definition) is 3. The van der Waals surface area contributed by atoms with E-state index in [1.54, 1.807) is 32.6 Å². The number of benzene rings is 1. The Morgan fingerprint density at radius 1 is 1.19 bits per heavy atom. The third-order valence-electron chi connectivity index (χ3n) is 3.88. The first-order chi connectivity index (χ1) is 13.0. The summed E-state index contributed by atoms with van der Waals surface area (Å²) in [5.41, 5.74) is 2.81. The van der Waals surface area contributed by atoms with Crippen molar-refractivity contribution in [1.82, 2.24) is 30.2 Å². The van der Waals surface area contributed by atoms with Crippen LogP contribution in [0.15, 0.2) is 30.6 Å². The van der Waals surface area contributed by atoms with Crippen LogP contribution in [0.3, 0.4) is 0 Å². The molecule has 2 heterocycles. The Balaban J connectivity index is 2.06. The zero-order chi connectivity index (χ0) is 19.4. The number of fused-ring (bicyclic) bond motifs is 1. The minimum Gasteiger partial charge on any atom is -0.349 e. The number of carbonyl (C=O) groups excluding carboxylic acids is 2. The van der Waals surface area contributed by atoms with Crippen LogP contribution < -0.4 is 10.6 Å². The number of H-pyrrole nitrogens is 1. The molecule has 0 aliphatic rings. The summed E-state index contributed by atoms with van der Waals surface area (Å²) in [5.74, 6) is 0.796. The molecular formula is C18H21N7O2. The molecule has 0 aliphatic heterocycles. The number of nitrogens with zero attached hydrogens (tertiary/aromatic N) is 4. The lowest BCUT2D eigenvalue weighted by Crippen LogP contribution is -2.28. The molecule has 0 unspecified atom stereocenters. The van der Waals surface area contributed by atoms with Gasteiger partial charge in [0.2, 0.25) is 11.9 Å². The van der Waals surface area contributed by atoms with Gasteiger partial charge in [0.25, 0.3) is 0 Å². The lowest BCUT2D eigenvalue weighted by Gasteiger charge is -2.11. The number of urea groups is 1. The summed E-state index contributed by atoms with van der Waals surface area (Å²) in [5, 5.41) is 5.31. The number of anilines is 1. The molecule has 3 N–H and O–H groups in total. The number of hydrogen-bond acceptors (Lipinski definition) is 5. The Labute approximate surface area is 156 Å². The number of imidazole rings is 1. The highest BCUT2D eigenvalue weighted by Crippen LogP contribution is 2.28. The van der Waals surface area contributed by atoms with Gasteiger partial charge in [-0.15, -0.1) is 0 Å². The molecule has 0 radical (unpaired) electrons. The van der Waals surface area contributed by atoms with Crippen LogP contribution >= 0.6 is 0 Å². The fourth-order valence-electron chi connectivity index (χ4n) is 2.59. The molecule has 3 amide bonds. The Bertz CT molecular complexity index is 967. The van der Waals surface area contributed by atoms with E-state index in [1.165, 1.54) is 4.90 Å². The van der Waals surface area contributed by atoms with E-state index in [4.69, 9.17) is 0 Å². The molecule has 9 nitrogen and oxygen atoms in total. The number of carbonyl (C=O) groups is 2. The summed E-state index contributed by atoms with van der Waals surface area (Å²) in [6.07, 6.45) is 3.53. The van der Waals surface area contributed by atoms with Crippen LogP contribution in [0.2, 0.25) is 0 Å². The van der Waals surface area contributed by atoms with Crippen LogP contribution in [0.5, 0.6) is 0 Å².